The molecule has 0 aromatic rings. The molecule has 0 aliphatic rings. The van der Waals surface area contributed by atoms with Crippen LogP contribution in [0.5, 0.6) is 0 Å². The molecule has 2 N–H and O–H groups in total. The second kappa shape index (κ2) is 10.3. The van der Waals surface area contributed by atoms with E-state index >= 15 is 0 Å². The Kier molecular flexibility index (Phi) is 10.1. The Balaban J connectivity index is 3.40. The van der Waals surface area contributed by atoms with Crippen molar-refractivity contribution in [3.05, 3.63) is 0 Å². The summed E-state index contributed by atoms with van der Waals surface area (Å²) in [7, 11) is 0. The molecular formula is C10H22N2O2S. The van der Waals surface area contributed by atoms with Crippen LogP contribution in [0.4, 0.5) is 0 Å². The average Bonchev–Trinajstić information content (AvgIpc) is 2.25. The summed E-state index contributed by atoms with van der Waals surface area (Å²) in [5, 5.41) is 0.634. The largest absolute Gasteiger partial charge is 0.483 e. The fourth-order valence-electron chi connectivity index (χ4n) is 1.08. The van der Waals surface area contributed by atoms with Crippen LogP contribution in [0.1, 0.15) is 13.8 Å². The summed E-state index contributed by atoms with van der Waals surface area (Å²) in [6.07, 6.45) is 0. The Morgan fingerprint density at radius 1 is 1.20 bits per heavy atom. The van der Waals surface area contributed by atoms with Gasteiger partial charge < -0.3 is 15.2 Å². The van der Waals surface area contributed by atoms with Crippen LogP contribution in [-0.2, 0) is 9.47 Å². The van der Waals surface area contributed by atoms with E-state index in [2.05, 4.69) is 18.7 Å². The Morgan fingerprint density at radius 2 is 1.87 bits per heavy atom. The first-order chi connectivity index (χ1) is 7.24. The molecule has 0 aromatic heterocycles. The second-order valence-corrected chi connectivity index (χ2v) is 3.54. The number of rotatable bonds is 9. The van der Waals surface area contributed by atoms with E-state index in [1.807, 2.05) is 0 Å². The number of likely N-dealkylation sites (N-methyl/N-ethyl adjacent to an activating group) is 1. The van der Waals surface area contributed by atoms with Gasteiger partial charge in [0.1, 0.15) is 6.61 Å². The summed E-state index contributed by atoms with van der Waals surface area (Å²) in [4.78, 5) is 2.21. The third-order valence-electron chi connectivity index (χ3n) is 2.00. The molecular weight excluding hydrogens is 212 g/mol. The van der Waals surface area contributed by atoms with E-state index in [1.165, 1.54) is 0 Å². The van der Waals surface area contributed by atoms with Crippen molar-refractivity contribution in [2.24, 2.45) is 5.73 Å². The Hall–Kier alpha value is -0.230. The molecule has 0 radical (unpaired) electrons. The van der Waals surface area contributed by atoms with Crippen molar-refractivity contribution in [2.75, 3.05) is 46.0 Å². The summed E-state index contributed by atoms with van der Waals surface area (Å²) >= 11 is 5.10. The molecule has 0 spiro atoms. The van der Waals surface area contributed by atoms with Crippen LogP contribution < -0.4 is 5.73 Å². The highest BCUT2D eigenvalue weighted by molar-refractivity contribution is 7.80. The maximum Gasteiger partial charge on any atom is 0.173 e. The van der Waals surface area contributed by atoms with Gasteiger partial charge in [-0.1, -0.05) is 13.8 Å². The summed E-state index contributed by atoms with van der Waals surface area (Å²) in [5.41, 5.74) is 5.27. The first-order valence-electron chi connectivity index (χ1n) is 5.40. The lowest BCUT2D eigenvalue weighted by Crippen LogP contribution is -2.30. The van der Waals surface area contributed by atoms with Gasteiger partial charge in [-0.2, -0.15) is 0 Å². The molecule has 0 aliphatic carbocycles. The molecule has 0 fully saturated rings. The van der Waals surface area contributed by atoms with E-state index < -0.39 is 0 Å². The lowest BCUT2D eigenvalue weighted by Gasteiger charge is -2.18. The highest BCUT2D eigenvalue weighted by Gasteiger charge is 2.03. The van der Waals surface area contributed by atoms with Crippen LogP contribution in [0.25, 0.3) is 0 Å². The van der Waals surface area contributed by atoms with E-state index in [1.54, 1.807) is 0 Å². The Bertz CT molecular complexity index is 164. The molecule has 0 saturated heterocycles. The van der Waals surface area contributed by atoms with E-state index in [0.717, 1.165) is 19.6 Å². The summed E-state index contributed by atoms with van der Waals surface area (Å²) < 4.78 is 10.5. The van der Waals surface area contributed by atoms with Crippen LogP contribution in [0.15, 0.2) is 0 Å². The van der Waals surface area contributed by atoms with Gasteiger partial charge in [0.05, 0.1) is 19.8 Å². The SMILES string of the molecule is CCN(CC)CC(=S)OCCOCCN. The zero-order valence-corrected chi connectivity index (χ0v) is 10.5. The number of ether oxygens (including phenoxy) is 2. The number of hydrogen-bond acceptors (Lipinski definition) is 5. The first-order valence-corrected chi connectivity index (χ1v) is 5.81. The average molecular weight is 234 g/mol. The van der Waals surface area contributed by atoms with Gasteiger partial charge in [0.15, 0.2) is 5.05 Å². The lowest BCUT2D eigenvalue weighted by molar-refractivity contribution is 0.101. The molecule has 5 heteroatoms. The van der Waals surface area contributed by atoms with Crippen molar-refractivity contribution in [3.8, 4) is 0 Å². The van der Waals surface area contributed by atoms with Crippen molar-refractivity contribution in [2.45, 2.75) is 13.8 Å². The number of nitrogens with two attached hydrogens (primary N) is 1. The van der Waals surface area contributed by atoms with E-state index in [-0.39, 0.29) is 0 Å². The van der Waals surface area contributed by atoms with Gasteiger partial charge >= 0.3 is 0 Å². The van der Waals surface area contributed by atoms with Gasteiger partial charge in [-0.05, 0) is 25.3 Å². The predicted molar refractivity (Wildman–Crippen MR) is 66.2 cm³/mol. The molecule has 0 atom stereocenters. The van der Waals surface area contributed by atoms with Crippen LogP contribution in [0.2, 0.25) is 0 Å². The molecule has 0 amide bonds. The number of nitrogens with zero attached hydrogens (tertiary/aromatic N) is 1. The van der Waals surface area contributed by atoms with Crippen LogP contribution in [-0.4, -0.2) is 56.0 Å². The van der Waals surface area contributed by atoms with Gasteiger partial charge in [-0.15, -0.1) is 0 Å². The Morgan fingerprint density at radius 3 is 2.40 bits per heavy atom. The monoisotopic (exact) mass is 234 g/mol. The number of thiocarbonyl (C=S) groups is 1. The normalized spacial score (nSPS) is 10.7. The lowest BCUT2D eigenvalue weighted by atomic mass is 10.5. The predicted octanol–water partition coefficient (Wildman–Crippen LogP) is 0.648. The standard InChI is InChI=1S/C10H22N2O2S/c1-3-12(4-2)9-10(15)14-8-7-13-6-5-11/h3-9,11H2,1-2H3. The van der Waals surface area contributed by atoms with Crippen molar-refractivity contribution in [1.29, 1.82) is 0 Å². The molecule has 90 valence electrons. The first kappa shape index (κ1) is 14.8. The summed E-state index contributed by atoms with van der Waals surface area (Å²) in [6, 6.07) is 0. The maximum absolute atomic E-state index is 5.35. The van der Waals surface area contributed by atoms with Crippen molar-refractivity contribution >= 4 is 17.3 Å². The van der Waals surface area contributed by atoms with Crippen LogP contribution >= 0.6 is 12.2 Å². The molecule has 15 heavy (non-hydrogen) atoms. The highest BCUT2D eigenvalue weighted by Crippen LogP contribution is 1.91. The molecule has 0 unspecified atom stereocenters. The molecule has 0 heterocycles. The zero-order valence-electron chi connectivity index (χ0n) is 9.70. The Labute approximate surface area is 97.7 Å². The zero-order chi connectivity index (χ0) is 11.5. The minimum Gasteiger partial charge on any atom is -0.483 e. The molecule has 4 nitrogen and oxygen atoms in total. The summed E-state index contributed by atoms with van der Waals surface area (Å²) in [6.45, 7) is 9.10. The topological polar surface area (TPSA) is 47.7 Å². The molecule has 0 bridgehead atoms. The number of hydrogen-bond donors (Lipinski definition) is 1. The summed E-state index contributed by atoms with van der Waals surface area (Å²) in [5.74, 6) is 0. The molecule has 0 aliphatic heterocycles. The van der Waals surface area contributed by atoms with Gasteiger partial charge in [0, 0.05) is 6.54 Å². The maximum atomic E-state index is 5.35. The van der Waals surface area contributed by atoms with E-state index in [4.69, 9.17) is 27.4 Å². The van der Waals surface area contributed by atoms with Crippen molar-refractivity contribution in [3.63, 3.8) is 0 Å². The molecule has 0 aromatic carbocycles. The van der Waals surface area contributed by atoms with Crippen LogP contribution in [0.3, 0.4) is 0 Å². The third kappa shape index (κ3) is 8.74. The van der Waals surface area contributed by atoms with Crippen molar-refractivity contribution in [1.82, 2.24) is 4.90 Å². The second-order valence-electron chi connectivity index (χ2n) is 3.08. The molecule has 0 rings (SSSR count). The molecule has 0 saturated carbocycles. The minimum absolute atomic E-state index is 0.514. The fraction of sp³-hybridized carbons (Fsp3) is 0.900. The van der Waals surface area contributed by atoms with Crippen LogP contribution in [0, 0.1) is 0 Å². The van der Waals surface area contributed by atoms with Crippen molar-refractivity contribution < 1.29 is 9.47 Å². The van der Waals surface area contributed by atoms with Gasteiger partial charge in [-0.25, -0.2) is 0 Å². The third-order valence-corrected chi connectivity index (χ3v) is 2.25. The van der Waals surface area contributed by atoms with Gasteiger partial charge in [0.25, 0.3) is 0 Å². The smallest absolute Gasteiger partial charge is 0.173 e. The highest BCUT2D eigenvalue weighted by atomic mass is 32.1. The van der Waals surface area contributed by atoms with E-state index in [0.29, 0.717) is 31.4 Å². The fourth-order valence-corrected chi connectivity index (χ4v) is 1.34. The van der Waals surface area contributed by atoms with Gasteiger partial charge in [-0.3, -0.25) is 4.90 Å². The van der Waals surface area contributed by atoms with E-state index in [9.17, 15) is 0 Å². The minimum atomic E-state index is 0.514. The quantitative estimate of drug-likeness (QED) is 0.469. The van der Waals surface area contributed by atoms with Gasteiger partial charge in [0.2, 0.25) is 0 Å².